The van der Waals surface area contributed by atoms with Crippen molar-refractivity contribution in [3.63, 3.8) is 0 Å². The van der Waals surface area contributed by atoms with Crippen molar-refractivity contribution in [2.75, 3.05) is 0 Å². The summed E-state index contributed by atoms with van der Waals surface area (Å²) < 4.78 is 0. The fourth-order valence-corrected chi connectivity index (χ4v) is 2.23. The Kier molecular flexibility index (Phi) is 8.49. The first kappa shape index (κ1) is 19.6. The van der Waals surface area contributed by atoms with E-state index < -0.39 is 0 Å². The second kappa shape index (κ2) is 10.4. The molecule has 1 heteroatoms. The Labute approximate surface area is 147 Å². The van der Waals surface area contributed by atoms with Crippen LogP contribution in [0, 0.1) is 0 Å². The summed E-state index contributed by atoms with van der Waals surface area (Å²) >= 11 is 0. The summed E-state index contributed by atoms with van der Waals surface area (Å²) in [4.78, 5) is 4.48. The largest absolute Gasteiger partial charge is 0.261 e. The van der Waals surface area contributed by atoms with Crippen LogP contribution >= 0.6 is 0 Å². The lowest BCUT2D eigenvalue weighted by Crippen LogP contribution is -1.88. The second-order valence-electron chi connectivity index (χ2n) is 5.72. The first-order valence-electron chi connectivity index (χ1n) is 8.44. The van der Waals surface area contributed by atoms with Crippen LogP contribution in [0.5, 0.6) is 0 Å². The van der Waals surface area contributed by atoms with E-state index in [0.29, 0.717) is 0 Å². The molecule has 0 radical (unpaired) electrons. The van der Waals surface area contributed by atoms with Gasteiger partial charge in [0.05, 0.1) is 0 Å². The highest BCUT2D eigenvalue weighted by molar-refractivity contribution is 5.86. The van der Waals surface area contributed by atoms with Gasteiger partial charge in [-0.15, -0.1) is 0 Å². The number of hydrogen-bond donors (Lipinski definition) is 0. The van der Waals surface area contributed by atoms with E-state index in [1.165, 1.54) is 22.3 Å². The normalized spacial score (nSPS) is 14.9. The Morgan fingerprint density at radius 3 is 2.12 bits per heavy atom. The summed E-state index contributed by atoms with van der Waals surface area (Å²) in [6.45, 7) is 12.4. The molecule has 0 aliphatic heterocycles. The summed E-state index contributed by atoms with van der Waals surface area (Å²) in [5.41, 5.74) is 7.12. The van der Waals surface area contributed by atoms with E-state index in [9.17, 15) is 0 Å². The monoisotopic (exact) mass is 319 g/mol. The lowest BCUT2D eigenvalue weighted by Gasteiger charge is -2.06. The number of nitrogens with zero attached hydrogens (tertiary/aromatic N) is 1. The molecule has 0 aromatic heterocycles. The molecule has 24 heavy (non-hydrogen) atoms. The van der Waals surface area contributed by atoms with Crippen LogP contribution in [0.15, 0.2) is 82.1 Å². The SMILES string of the molecule is C/C=C/C(=C(C)/C=C\c1ccccc1C=N/C(C)=C/C)C(/C)=C/C. The van der Waals surface area contributed by atoms with Crippen molar-refractivity contribution in [3.8, 4) is 0 Å². The predicted octanol–water partition coefficient (Wildman–Crippen LogP) is 6.90. The summed E-state index contributed by atoms with van der Waals surface area (Å²) in [7, 11) is 0. The Morgan fingerprint density at radius 2 is 1.54 bits per heavy atom. The van der Waals surface area contributed by atoms with Gasteiger partial charge in [0.2, 0.25) is 0 Å². The van der Waals surface area contributed by atoms with E-state index in [4.69, 9.17) is 0 Å². The first-order chi connectivity index (χ1) is 11.5. The molecule has 1 nitrogen and oxygen atoms in total. The van der Waals surface area contributed by atoms with Crippen molar-refractivity contribution in [1.82, 2.24) is 0 Å². The van der Waals surface area contributed by atoms with Crippen LogP contribution in [0.25, 0.3) is 6.08 Å². The van der Waals surface area contributed by atoms with E-state index in [-0.39, 0.29) is 0 Å². The molecule has 0 atom stereocenters. The van der Waals surface area contributed by atoms with Crippen molar-refractivity contribution >= 4 is 12.3 Å². The number of hydrogen-bond acceptors (Lipinski definition) is 1. The van der Waals surface area contributed by atoms with Gasteiger partial charge in [0, 0.05) is 11.9 Å². The van der Waals surface area contributed by atoms with E-state index in [0.717, 1.165) is 11.3 Å². The van der Waals surface area contributed by atoms with Crippen LogP contribution in [0.2, 0.25) is 0 Å². The molecule has 1 aromatic rings. The predicted molar refractivity (Wildman–Crippen MR) is 109 cm³/mol. The van der Waals surface area contributed by atoms with Gasteiger partial charge in [-0.05, 0) is 69.4 Å². The maximum atomic E-state index is 4.48. The Balaban J connectivity index is 3.21. The molecule has 0 unspecified atom stereocenters. The molecule has 0 amide bonds. The summed E-state index contributed by atoms with van der Waals surface area (Å²) in [6.07, 6.45) is 14.7. The summed E-state index contributed by atoms with van der Waals surface area (Å²) in [6, 6.07) is 8.31. The van der Waals surface area contributed by atoms with Crippen LogP contribution < -0.4 is 0 Å². The molecular weight excluding hydrogens is 290 g/mol. The van der Waals surface area contributed by atoms with Gasteiger partial charge in [-0.3, -0.25) is 4.99 Å². The summed E-state index contributed by atoms with van der Waals surface area (Å²) in [5.74, 6) is 0. The highest BCUT2D eigenvalue weighted by atomic mass is 14.7. The van der Waals surface area contributed by atoms with Gasteiger partial charge in [-0.1, -0.05) is 60.7 Å². The fraction of sp³-hybridized carbons (Fsp3) is 0.261. The van der Waals surface area contributed by atoms with Gasteiger partial charge in [0.15, 0.2) is 0 Å². The zero-order chi connectivity index (χ0) is 17.9. The van der Waals surface area contributed by atoms with E-state index in [2.05, 4.69) is 81.3 Å². The molecule has 0 fully saturated rings. The van der Waals surface area contributed by atoms with Crippen LogP contribution in [-0.2, 0) is 0 Å². The van der Waals surface area contributed by atoms with Gasteiger partial charge in [0.25, 0.3) is 0 Å². The number of rotatable bonds is 6. The molecule has 0 N–H and O–H groups in total. The fourth-order valence-electron chi connectivity index (χ4n) is 2.23. The topological polar surface area (TPSA) is 12.4 Å². The third kappa shape index (κ3) is 6.00. The average Bonchev–Trinajstić information content (AvgIpc) is 2.62. The Morgan fingerprint density at radius 1 is 0.875 bits per heavy atom. The molecule has 1 rings (SSSR count). The van der Waals surface area contributed by atoms with Crippen LogP contribution in [0.3, 0.4) is 0 Å². The van der Waals surface area contributed by atoms with E-state index in [1.807, 2.05) is 32.2 Å². The van der Waals surface area contributed by atoms with Gasteiger partial charge in [-0.25, -0.2) is 0 Å². The highest BCUT2D eigenvalue weighted by Gasteiger charge is 2.00. The molecule has 0 spiro atoms. The zero-order valence-electron chi connectivity index (χ0n) is 15.8. The van der Waals surface area contributed by atoms with Crippen molar-refractivity contribution in [2.45, 2.75) is 41.5 Å². The smallest absolute Gasteiger partial charge is 0.0349 e. The molecule has 0 heterocycles. The molecule has 0 bridgehead atoms. The van der Waals surface area contributed by atoms with Crippen LogP contribution in [0.1, 0.15) is 52.7 Å². The van der Waals surface area contributed by atoms with Gasteiger partial charge < -0.3 is 0 Å². The molecule has 0 aliphatic carbocycles. The quantitative estimate of drug-likeness (QED) is 0.399. The van der Waals surface area contributed by atoms with Gasteiger partial charge in [0.1, 0.15) is 0 Å². The zero-order valence-corrected chi connectivity index (χ0v) is 15.8. The minimum absolute atomic E-state index is 1.02. The first-order valence-corrected chi connectivity index (χ1v) is 8.44. The Hall–Kier alpha value is -2.41. The number of benzene rings is 1. The third-order valence-electron chi connectivity index (χ3n) is 3.95. The van der Waals surface area contributed by atoms with Crippen molar-refractivity contribution in [3.05, 3.63) is 88.2 Å². The molecular formula is C23H29N. The third-order valence-corrected chi connectivity index (χ3v) is 3.95. The van der Waals surface area contributed by atoms with Crippen LogP contribution in [0.4, 0.5) is 0 Å². The standard InChI is InChI=1S/C23H29N/c1-7-12-23(18(4)8-2)19(5)15-16-21-13-10-11-14-22(21)17-24-20(6)9-3/h7-17H,1-6H3/b12-7+,16-15-,18-8+,20-9+,23-19-,24-17?. The maximum absolute atomic E-state index is 4.48. The highest BCUT2D eigenvalue weighted by Crippen LogP contribution is 2.19. The lowest BCUT2D eigenvalue weighted by atomic mass is 9.99. The Bertz CT molecular complexity index is 722. The second-order valence-corrected chi connectivity index (χ2v) is 5.72. The van der Waals surface area contributed by atoms with Crippen molar-refractivity contribution < 1.29 is 0 Å². The molecule has 0 saturated carbocycles. The van der Waals surface area contributed by atoms with E-state index in [1.54, 1.807) is 0 Å². The van der Waals surface area contributed by atoms with E-state index >= 15 is 0 Å². The minimum Gasteiger partial charge on any atom is -0.261 e. The minimum atomic E-state index is 1.02. The number of aliphatic imine (C=N–C) groups is 1. The summed E-state index contributed by atoms with van der Waals surface area (Å²) in [5, 5.41) is 0. The maximum Gasteiger partial charge on any atom is 0.0349 e. The number of allylic oxidation sites excluding steroid dienone is 9. The average molecular weight is 319 g/mol. The van der Waals surface area contributed by atoms with Crippen LogP contribution in [-0.4, -0.2) is 6.21 Å². The molecule has 0 aliphatic rings. The lowest BCUT2D eigenvalue weighted by molar-refractivity contribution is 1.29. The van der Waals surface area contributed by atoms with Crippen molar-refractivity contribution in [2.24, 2.45) is 4.99 Å². The van der Waals surface area contributed by atoms with Crippen molar-refractivity contribution in [1.29, 1.82) is 0 Å². The molecule has 126 valence electrons. The molecule has 1 aromatic carbocycles. The van der Waals surface area contributed by atoms with Gasteiger partial charge in [-0.2, -0.15) is 0 Å². The van der Waals surface area contributed by atoms with Gasteiger partial charge >= 0.3 is 0 Å². The molecule has 0 saturated heterocycles.